The van der Waals surface area contributed by atoms with Crippen molar-refractivity contribution in [2.24, 2.45) is 0 Å². The molecule has 3 nitrogen and oxygen atoms in total. The van der Waals surface area contributed by atoms with Gasteiger partial charge < -0.3 is 13.8 Å². The summed E-state index contributed by atoms with van der Waals surface area (Å²) >= 11 is 0. The fourth-order valence-electron chi connectivity index (χ4n) is 10.7. The average Bonchev–Trinajstić information content (AvgIpc) is 3.89. The molecule has 4 heterocycles. The molecule has 57 heavy (non-hydrogen) atoms. The van der Waals surface area contributed by atoms with Gasteiger partial charge in [0.2, 0.25) is 0 Å². The summed E-state index contributed by atoms with van der Waals surface area (Å²) in [4.78, 5) is 2.52. The van der Waals surface area contributed by atoms with Crippen LogP contribution in [0.25, 0.3) is 77.5 Å². The Hall–Kier alpha value is -7.04. The summed E-state index contributed by atoms with van der Waals surface area (Å²) in [5, 5.41) is 3.60. The summed E-state index contributed by atoms with van der Waals surface area (Å²) in [6.07, 6.45) is 0. The number of benzene rings is 8. The van der Waals surface area contributed by atoms with Crippen LogP contribution in [0.3, 0.4) is 0 Å². The molecule has 0 amide bonds. The van der Waals surface area contributed by atoms with Crippen molar-refractivity contribution in [3.8, 4) is 44.6 Å². The van der Waals surface area contributed by atoms with Gasteiger partial charge in [-0.15, -0.1) is 0 Å². The van der Waals surface area contributed by atoms with E-state index < -0.39 is 0 Å². The number of aromatic nitrogens is 1. The summed E-state index contributed by atoms with van der Waals surface area (Å²) in [5.41, 5.74) is 21.8. The lowest BCUT2D eigenvalue weighted by Gasteiger charge is -2.41. The number of hydrogen-bond donors (Lipinski definition) is 0. The molecule has 0 saturated heterocycles. The van der Waals surface area contributed by atoms with E-state index >= 15 is 0 Å². The predicted octanol–water partition coefficient (Wildman–Crippen LogP) is 12.6. The summed E-state index contributed by atoms with van der Waals surface area (Å²) < 4.78 is 9.72. The van der Waals surface area contributed by atoms with Crippen molar-refractivity contribution in [1.82, 2.24) is 4.48 Å². The molecule has 0 bridgehead atoms. The van der Waals surface area contributed by atoms with Gasteiger partial charge in [0.15, 0.2) is 0 Å². The Kier molecular flexibility index (Phi) is 6.05. The van der Waals surface area contributed by atoms with Crippen molar-refractivity contribution in [2.75, 3.05) is 4.90 Å². The van der Waals surface area contributed by atoms with Gasteiger partial charge in [-0.2, -0.15) is 0 Å². The highest BCUT2D eigenvalue weighted by atomic mass is 16.3. The van der Waals surface area contributed by atoms with E-state index in [-0.39, 0.29) is 12.3 Å². The number of para-hydroxylation sites is 2. The summed E-state index contributed by atoms with van der Waals surface area (Å²) in [7, 11) is 0. The van der Waals surface area contributed by atoms with Gasteiger partial charge in [-0.05, 0) is 74.6 Å². The van der Waals surface area contributed by atoms with E-state index in [1.807, 2.05) is 0 Å². The van der Waals surface area contributed by atoms with Crippen molar-refractivity contribution in [3.05, 3.63) is 187 Å². The van der Waals surface area contributed by atoms with Crippen molar-refractivity contribution < 1.29 is 4.42 Å². The highest BCUT2D eigenvalue weighted by molar-refractivity contribution is 6.90. The Labute approximate surface area is 331 Å². The van der Waals surface area contributed by atoms with Gasteiger partial charge in [-0.3, -0.25) is 0 Å². The van der Waals surface area contributed by atoms with Crippen molar-refractivity contribution in [2.45, 2.75) is 19.3 Å². The van der Waals surface area contributed by atoms with Crippen molar-refractivity contribution >= 4 is 67.7 Å². The molecule has 0 unspecified atom stereocenters. The third-order valence-electron chi connectivity index (χ3n) is 13.1. The third kappa shape index (κ3) is 4.02. The minimum atomic E-state index is -0.169. The highest BCUT2D eigenvalue weighted by Crippen LogP contribution is 2.57. The standard InChI is InChI=1S/C53H35BN2O/c1-53(2)42-22-11-9-19-38(42)51-48(53)40-21-13-20-39-47-49-45(31-41-37-18-10-12-23-46(37)57-52(41)47)55(36-27-24-34(25-28-36)32-14-5-3-6-15-32)44-29-26-35(33-16-7-4-8-17-33)30-43(44)54(49)56(51)50(39)40/h3-31H,1-2H3. The first-order valence-corrected chi connectivity index (χ1v) is 20.0. The maximum absolute atomic E-state index is 7.00. The molecule has 0 saturated carbocycles. The molecule has 8 aromatic carbocycles. The molecule has 0 fully saturated rings. The summed E-state index contributed by atoms with van der Waals surface area (Å²) in [5.74, 6) is 0. The van der Waals surface area contributed by atoms with Crippen LogP contribution < -0.4 is 15.8 Å². The monoisotopic (exact) mass is 726 g/mol. The lowest BCUT2D eigenvalue weighted by molar-refractivity contribution is 0.666. The van der Waals surface area contributed by atoms with E-state index in [9.17, 15) is 0 Å². The fourth-order valence-corrected chi connectivity index (χ4v) is 10.7. The molecule has 266 valence electrons. The molecule has 0 N–H and O–H groups in total. The molecule has 0 radical (unpaired) electrons. The molecule has 1 aliphatic carbocycles. The van der Waals surface area contributed by atoms with Crippen LogP contribution in [0.1, 0.15) is 25.0 Å². The van der Waals surface area contributed by atoms with Gasteiger partial charge in [0.25, 0.3) is 0 Å². The van der Waals surface area contributed by atoms with Crippen LogP contribution in [-0.4, -0.2) is 11.3 Å². The van der Waals surface area contributed by atoms with E-state index in [2.05, 4.69) is 199 Å². The van der Waals surface area contributed by atoms with Crippen LogP contribution in [-0.2, 0) is 5.41 Å². The van der Waals surface area contributed by atoms with Crippen LogP contribution in [0.4, 0.5) is 17.1 Å². The summed E-state index contributed by atoms with van der Waals surface area (Å²) in [6.45, 7) is 4.71. The maximum Gasteiger partial charge on any atom is 0.333 e. The number of hydrogen-bond acceptors (Lipinski definition) is 2. The Morgan fingerprint density at radius 1 is 0.526 bits per heavy atom. The first-order chi connectivity index (χ1) is 28.1. The van der Waals surface area contributed by atoms with Gasteiger partial charge in [-0.1, -0.05) is 159 Å². The van der Waals surface area contributed by atoms with Crippen LogP contribution in [0.2, 0.25) is 0 Å². The first-order valence-electron chi connectivity index (χ1n) is 20.0. The van der Waals surface area contributed by atoms with Gasteiger partial charge in [0.05, 0.1) is 0 Å². The number of furan rings is 1. The zero-order valence-electron chi connectivity index (χ0n) is 31.6. The second-order valence-corrected chi connectivity index (χ2v) is 16.4. The normalized spacial score (nSPS) is 14.2. The number of anilines is 3. The van der Waals surface area contributed by atoms with E-state index in [1.165, 1.54) is 89.0 Å². The molecule has 2 aromatic heterocycles. The largest absolute Gasteiger partial charge is 0.455 e. The number of nitrogens with zero attached hydrogens (tertiary/aromatic N) is 2. The van der Waals surface area contributed by atoms with Gasteiger partial charge in [0, 0.05) is 66.5 Å². The minimum absolute atomic E-state index is 0.103. The van der Waals surface area contributed by atoms with Crippen molar-refractivity contribution in [1.29, 1.82) is 0 Å². The second-order valence-electron chi connectivity index (χ2n) is 16.4. The van der Waals surface area contributed by atoms with E-state index in [1.54, 1.807) is 0 Å². The average molecular weight is 727 g/mol. The van der Waals surface area contributed by atoms with E-state index in [4.69, 9.17) is 4.42 Å². The van der Waals surface area contributed by atoms with Crippen LogP contribution in [0, 0.1) is 0 Å². The number of rotatable bonds is 3. The third-order valence-corrected chi connectivity index (χ3v) is 13.1. The van der Waals surface area contributed by atoms with Crippen LogP contribution in [0.15, 0.2) is 180 Å². The zero-order valence-corrected chi connectivity index (χ0v) is 31.6. The Balaban J connectivity index is 1.19. The molecule has 0 atom stereocenters. The predicted molar refractivity (Wildman–Crippen MR) is 238 cm³/mol. The quantitative estimate of drug-likeness (QED) is 0.169. The Bertz CT molecular complexity index is 3320. The zero-order chi connectivity index (χ0) is 37.6. The van der Waals surface area contributed by atoms with Gasteiger partial charge in [0.1, 0.15) is 11.2 Å². The minimum Gasteiger partial charge on any atom is -0.455 e. The topological polar surface area (TPSA) is 21.3 Å². The van der Waals surface area contributed by atoms with Gasteiger partial charge >= 0.3 is 6.85 Å². The lowest BCUT2D eigenvalue weighted by Crippen LogP contribution is -2.57. The fraction of sp³-hybridized carbons (Fsp3) is 0.0566. The molecule has 0 spiro atoms. The molecule has 3 aliphatic rings. The maximum atomic E-state index is 7.00. The highest BCUT2D eigenvalue weighted by Gasteiger charge is 2.49. The molecule has 13 rings (SSSR count). The van der Waals surface area contributed by atoms with Crippen molar-refractivity contribution in [3.63, 3.8) is 0 Å². The Morgan fingerprint density at radius 2 is 1.18 bits per heavy atom. The Morgan fingerprint density at radius 3 is 1.98 bits per heavy atom. The number of fused-ring (bicyclic) bond motifs is 13. The molecular formula is C53H35BN2O. The molecule has 10 aromatic rings. The molecule has 4 heteroatoms. The SMILES string of the molecule is CC1(C)c2ccccc2-c2c1c1cccc3c1n2B1c2cc(-c4ccccc4)ccc2N(c2ccc(-c4ccccc4)cc2)c2cc4c(oc5ccccc54)c-3c21. The first kappa shape index (κ1) is 31.2. The molecular weight excluding hydrogens is 691 g/mol. The van der Waals surface area contributed by atoms with E-state index in [0.717, 1.165) is 27.6 Å². The molecule has 2 aliphatic heterocycles. The van der Waals surface area contributed by atoms with Crippen LogP contribution >= 0.6 is 0 Å². The van der Waals surface area contributed by atoms with Crippen LogP contribution in [0.5, 0.6) is 0 Å². The smallest absolute Gasteiger partial charge is 0.333 e. The van der Waals surface area contributed by atoms with E-state index in [0.29, 0.717) is 0 Å². The lowest BCUT2D eigenvalue weighted by atomic mass is 9.44. The second kappa shape index (κ2) is 11.1. The van der Waals surface area contributed by atoms with Gasteiger partial charge in [-0.25, -0.2) is 0 Å². The summed E-state index contributed by atoms with van der Waals surface area (Å²) in [6, 6.07) is 64.7.